The van der Waals surface area contributed by atoms with Crippen LogP contribution in [0.4, 0.5) is 15.8 Å². The third-order valence-corrected chi connectivity index (χ3v) is 14.5. The molecule has 348 valence electrons. The summed E-state index contributed by atoms with van der Waals surface area (Å²) in [6, 6.07) is 20.2. The Bertz CT molecular complexity index is 2510. The van der Waals surface area contributed by atoms with Gasteiger partial charge in [-0.25, -0.2) is 9.82 Å². The molecule has 2 unspecified atom stereocenters. The Balaban J connectivity index is 0.776. The van der Waals surface area contributed by atoms with E-state index in [4.69, 9.17) is 12.2 Å². The average Bonchev–Trinajstić information content (AvgIpc) is 3.92. The van der Waals surface area contributed by atoms with Crippen molar-refractivity contribution in [2.45, 2.75) is 76.5 Å². The van der Waals surface area contributed by atoms with Crippen LogP contribution in [0.1, 0.15) is 95.0 Å². The monoisotopic (exact) mass is 939 g/mol. The molecular weight excluding hydrogens is 882 g/mol. The Kier molecular flexibility index (Phi) is 15.4. The standard InChI is InChI=1S/C49H56FN7O7S2/c1-32(58)6-5-23-63-38-14-15-39-43(16-24-64-44(39)27-38)54-55-45(59)29-49(2,3)66-65-25-17-46(60)57-21-19-56(20-22-57)37-12-9-33(10-13-37)47(61)52-31-35-8-11-36(26-42(35)50)53-48(62)41-28-40(41)34-7-4-18-51-30-34/h4,7-15,18,26-27,30,40-41H,5-6,16-17,19-25,28-29,31H2,1-3H3,(H,52,61)(H,53,62)(H,55,59)/b54-43+/i28D2. The van der Waals surface area contributed by atoms with Gasteiger partial charge in [0.1, 0.15) is 23.1 Å². The first kappa shape index (κ1) is 45.2. The van der Waals surface area contributed by atoms with Crippen LogP contribution in [0.2, 0.25) is 0 Å². The smallest absolute Gasteiger partial charge is 0.251 e. The van der Waals surface area contributed by atoms with Gasteiger partial charge in [0.05, 0.1) is 18.9 Å². The van der Waals surface area contributed by atoms with Crippen molar-refractivity contribution in [2.24, 2.45) is 11.0 Å². The first-order chi connectivity index (χ1) is 32.6. The van der Waals surface area contributed by atoms with Crippen molar-refractivity contribution in [1.29, 1.82) is 0 Å². The summed E-state index contributed by atoms with van der Waals surface area (Å²) in [7, 11) is 3.14. The molecule has 4 aromatic rings. The number of Topliss-reactive ketones (excluding diaryl/α,β-unsaturated/α-hetero) is 1. The second kappa shape index (κ2) is 22.5. The number of rotatable bonds is 20. The van der Waals surface area contributed by atoms with E-state index in [1.54, 1.807) is 71.2 Å². The predicted octanol–water partition coefficient (Wildman–Crippen LogP) is 7.53. The Hall–Kier alpha value is -5.94. The molecule has 3 aliphatic rings. The number of nitrogens with zero attached hydrogens (tertiary/aromatic N) is 4. The quantitative estimate of drug-likeness (QED) is 0.0455. The van der Waals surface area contributed by atoms with Crippen molar-refractivity contribution < 1.29 is 40.6 Å². The van der Waals surface area contributed by atoms with E-state index in [1.807, 2.05) is 43.0 Å². The molecule has 0 bridgehead atoms. The van der Waals surface area contributed by atoms with Crippen LogP contribution in [0.15, 0.2) is 90.3 Å². The summed E-state index contributed by atoms with van der Waals surface area (Å²) in [5.74, 6) is -1.21. The van der Waals surface area contributed by atoms with E-state index in [0.29, 0.717) is 93.5 Å². The number of piperazine rings is 1. The molecule has 14 nitrogen and oxygen atoms in total. The minimum absolute atomic E-state index is 0.0768. The van der Waals surface area contributed by atoms with Gasteiger partial charge >= 0.3 is 0 Å². The maximum absolute atomic E-state index is 15.1. The fraction of sp³-hybridized carbons (Fsp3) is 0.408. The summed E-state index contributed by atoms with van der Waals surface area (Å²) in [5, 5.41) is 9.79. The topological polar surface area (TPSA) is 172 Å². The number of aromatic nitrogens is 1. The highest BCUT2D eigenvalue weighted by atomic mass is 33.1. The maximum atomic E-state index is 15.1. The number of anilines is 2. The van der Waals surface area contributed by atoms with Crippen LogP contribution >= 0.6 is 21.6 Å². The normalized spacial score (nSPS) is 18.5. The molecule has 3 heterocycles. The van der Waals surface area contributed by atoms with Gasteiger partial charge in [-0.05, 0) is 99.6 Å². The van der Waals surface area contributed by atoms with Gasteiger partial charge in [0.15, 0.2) is 0 Å². The molecule has 1 aliphatic carbocycles. The van der Waals surface area contributed by atoms with Gasteiger partial charge in [0, 0.05) is 124 Å². The Morgan fingerprint density at radius 2 is 1.82 bits per heavy atom. The SMILES string of the molecule is [2H]C1([2H])C(C(=O)Nc2ccc(CNC(=O)c3ccc(N4CCN(C(=O)CCSSC(C)(C)CC(=O)N/N=C5\CCOc6cc(OCCCC(C)=O)ccc65)CC4)cc3)c(F)c2)C1c1cccnc1. The number of pyridine rings is 1. The van der Waals surface area contributed by atoms with Gasteiger partial charge in [-0.1, -0.05) is 33.7 Å². The molecule has 0 spiro atoms. The van der Waals surface area contributed by atoms with Crippen LogP contribution in [-0.2, 0) is 25.7 Å². The molecule has 1 saturated heterocycles. The number of hydrazone groups is 1. The fourth-order valence-corrected chi connectivity index (χ4v) is 10.0. The van der Waals surface area contributed by atoms with Crippen molar-refractivity contribution in [2.75, 3.05) is 55.4 Å². The van der Waals surface area contributed by atoms with E-state index in [9.17, 15) is 24.0 Å². The number of ether oxygens (including phenoxy) is 2. The number of nitrogens with one attached hydrogen (secondary N) is 3. The van der Waals surface area contributed by atoms with Gasteiger partial charge < -0.3 is 34.7 Å². The predicted molar refractivity (Wildman–Crippen MR) is 257 cm³/mol. The highest BCUT2D eigenvalue weighted by Crippen LogP contribution is 2.47. The van der Waals surface area contributed by atoms with Crippen molar-refractivity contribution in [1.82, 2.24) is 20.6 Å². The van der Waals surface area contributed by atoms with Gasteiger partial charge in [0.2, 0.25) is 17.7 Å². The molecule has 4 amide bonds. The van der Waals surface area contributed by atoms with Crippen LogP contribution in [0.5, 0.6) is 11.5 Å². The minimum Gasteiger partial charge on any atom is -0.493 e. The molecule has 66 heavy (non-hydrogen) atoms. The number of carbonyl (C=O) groups excluding carboxylic acids is 5. The van der Waals surface area contributed by atoms with Crippen LogP contribution < -0.4 is 30.4 Å². The third-order valence-electron chi connectivity index (χ3n) is 11.2. The van der Waals surface area contributed by atoms with Crippen molar-refractivity contribution in [3.63, 3.8) is 0 Å². The van der Waals surface area contributed by atoms with E-state index in [2.05, 4.69) is 31.0 Å². The Morgan fingerprint density at radius 3 is 2.56 bits per heavy atom. The number of halogens is 1. The highest BCUT2D eigenvalue weighted by Gasteiger charge is 2.44. The minimum atomic E-state index is -1.74. The zero-order valence-electron chi connectivity index (χ0n) is 39.3. The number of benzene rings is 3. The highest BCUT2D eigenvalue weighted by molar-refractivity contribution is 8.77. The molecule has 2 atom stereocenters. The largest absolute Gasteiger partial charge is 0.493 e. The summed E-state index contributed by atoms with van der Waals surface area (Å²) in [6.07, 6.45) is 3.66. The first-order valence-corrected chi connectivity index (χ1v) is 24.4. The van der Waals surface area contributed by atoms with E-state index in [0.717, 1.165) is 23.0 Å². The molecule has 1 saturated carbocycles. The van der Waals surface area contributed by atoms with E-state index in [-0.39, 0.29) is 47.7 Å². The summed E-state index contributed by atoms with van der Waals surface area (Å²) >= 11 is 0. The zero-order valence-corrected chi connectivity index (χ0v) is 38.9. The molecule has 2 aliphatic heterocycles. The van der Waals surface area contributed by atoms with Gasteiger partial charge in [-0.15, -0.1) is 0 Å². The Labute approximate surface area is 395 Å². The molecule has 3 aromatic carbocycles. The average molecular weight is 940 g/mol. The lowest BCUT2D eigenvalue weighted by Crippen LogP contribution is -2.48. The van der Waals surface area contributed by atoms with Crippen molar-refractivity contribution in [3.8, 4) is 11.5 Å². The van der Waals surface area contributed by atoms with Crippen LogP contribution in [0.25, 0.3) is 0 Å². The van der Waals surface area contributed by atoms with E-state index >= 15 is 4.39 Å². The summed E-state index contributed by atoms with van der Waals surface area (Å²) in [4.78, 5) is 71.2. The molecule has 1 aromatic heterocycles. The molecule has 2 fully saturated rings. The van der Waals surface area contributed by atoms with Gasteiger partial charge in [0.25, 0.3) is 5.91 Å². The summed E-state index contributed by atoms with van der Waals surface area (Å²) in [6.45, 7) is 8.73. The lowest BCUT2D eigenvalue weighted by molar-refractivity contribution is -0.131. The molecule has 0 radical (unpaired) electrons. The third kappa shape index (κ3) is 13.6. The number of fused-ring (bicyclic) bond motifs is 1. The second-order valence-corrected chi connectivity index (χ2v) is 20.0. The first-order valence-electron chi connectivity index (χ1n) is 23.0. The van der Waals surface area contributed by atoms with E-state index in [1.165, 1.54) is 12.1 Å². The Morgan fingerprint density at radius 1 is 1.02 bits per heavy atom. The number of amides is 4. The lowest BCUT2D eigenvalue weighted by atomic mass is 10.0. The molecular formula is C49H56FN7O7S2. The maximum Gasteiger partial charge on any atom is 0.251 e. The van der Waals surface area contributed by atoms with Crippen LogP contribution in [0.3, 0.4) is 0 Å². The van der Waals surface area contributed by atoms with Crippen molar-refractivity contribution in [3.05, 3.63) is 113 Å². The number of hydrogen-bond acceptors (Lipinski definition) is 12. The second-order valence-electron chi connectivity index (χ2n) is 16.9. The van der Waals surface area contributed by atoms with Crippen LogP contribution in [0, 0.1) is 11.7 Å². The summed E-state index contributed by atoms with van der Waals surface area (Å²) < 4.78 is 42.7. The molecule has 3 N–H and O–H groups in total. The zero-order chi connectivity index (χ0) is 48.4. The molecule has 7 rings (SSSR count). The van der Waals surface area contributed by atoms with Gasteiger partial charge in [-0.2, -0.15) is 5.10 Å². The van der Waals surface area contributed by atoms with E-state index < -0.39 is 34.7 Å². The summed E-state index contributed by atoms with van der Waals surface area (Å²) in [5.41, 5.74) is 6.61. The number of hydrogen-bond donors (Lipinski definition) is 3. The number of carbonyl (C=O) groups is 5. The van der Waals surface area contributed by atoms with Crippen molar-refractivity contribution >= 4 is 68.1 Å². The fourth-order valence-electron chi connectivity index (χ4n) is 7.56. The molecule has 17 heteroatoms. The van der Waals surface area contributed by atoms with Crippen LogP contribution in [-0.4, -0.2) is 94.9 Å². The van der Waals surface area contributed by atoms with Gasteiger partial charge in [-0.3, -0.25) is 24.2 Å². The number of ketones is 1. The lowest BCUT2D eigenvalue weighted by Gasteiger charge is -2.36.